The van der Waals surface area contributed by atoms with Crippen LogP contribution in [0.2, 0.25) is 0 Å². The molecule has 0 spiro atoms. The fourth-order valence-corrected chi connectivity index (χ4v) is 1.50. The first-order chi connectivity index (χ1) is 8.13. The Kier molecular flexibility index (Phi) is 12.3. The van der Waals surface area contributed by atoms with E-state index in [0.717, 1.165) is 32.3 Å². The number of nitrogens with one attached hydrogen (secondary N) is 1. The molecule has 0 heterocycles. The minimum Gasteiger partial charge on any atom is -0.379 e. The Morgan fingerprint density at radius 3 is 2.06 bits per heavy atom. The maximum atomic E-state index is 5.50. The van der Waals surface area contributed by atoms with Gasteiger partial charge in [0.05, 0.1) is 19.8 Å². The standard InChI is InChI=1S/C14H31NO2/c1-13(2)7-5-6-9-16-11-12-17-10-8-15-14(3)4/h13-15H,5-12H2,1-4H3. The fraction of sp³-hybridized carbons (Fsp3) is 1.00. The van der Waals surface area contributed by atoms with Gasteiger partial charge in [-0.25, -0.2) is 0 Å². The number of hydrogen-bond donors (Lipinski definition) is 1. The third kappa shape index (κ3) is 15.9. The molecule has 0 radical (unpaired) electrons. The van der Waals surface area contributed by atoms with Gasteiger partial charge in [0.2, 0.25) is 0 Å². The lowest BCUT2D eigenvalue weighted by Gasteiger charge is -2.09. The molecule has 0 fully saturated rings. The smallest absolute Gasteiger partial charge is 0.0701 e. The van der Waals surface area contributed by atoms with Gasteiger partial charge < -0.3 is 14.8 Å². The van der Waals surface area contributed by atoms with E-state index in [9.17, 15) is 0 Å². The summed E-state index contributed by atoms with van der Waals surface area (Å²) in [5.74, 6) is 0.812. The lowest BCUT2D eigenvalue weighted by atomic mass is 10.1. The maximum absolute atomic E-state index is 5.50. The first-order valence-corrected chi connectivity index (χ1v) is 7.01. The van der Waals surface area contributed by atoms with Gasteiger partial charge in [-0.15, -0.1) is 0 Å². The molecule has 0 unspecified atom stereocenters. The number of unbranched alkanes of at least 4 members (excludes halogenated alkanes) is 1. The van der Waals surface area contributed by atoms with Crippen LogP contribution < -0.4 is 5.32 Å². The van der Waals surface area contributed by atoms with Gasteiger partial charge in [0.25, 0.3) is 0 Å². The van der Waals surface area contributed by atoms with Crippen molar-refractivity contribution in [2.24, 2.45) is 5.92 Å². The third-order valence-corrected chi connectivity index (χ3v) is 2.49. The van der Waals surface area contributed by atoms with Gasteiger partial charge in [0, 0.05) is 19.2 Å². The molecule has 0 saturated heterocycles. The topological polar surface area (TPSA) is 30.5 Å². The van der Waals surface area contributed by atoms with E-state index in [-0.39, 0.29) is 0 Å². The van der Waals surface area contributed by atoms with Gasteiger partial charge in [0.1, 0.15) is 0 Å². The summed E-state index contributed by atoms with van der Waals surface area (Å²) in [6.45, 7) is 12.8. The molecule has 0 aromatic carbocycles. The zero-order valence-corrected chi connectivity index (χ0v) is 12.1. The van der Waals surface area contributed by atoms with Crippen LogP contribution in [0.15, 0.2) is 0 Å². The number of ether oxygens (including phenoxy) is 2. The van der Waals surface area contributed by atoms with Crippen LogP contribution in [0.5, 0.6) is 0 Å². The summed E-state index contributed by atoms with van der Waals surface area (Å²) < 4.78 is 10.9. The lowest BCUT2D eigenvalue weighted by Crippen LogP contribution is -2.27. The van der Waals surface area contributed by atoms with E-state index in [0.29, 0.717) is 12.6 Å². The molecule has 0 atom stereocenters. The molecule has 1 N–H and O–H groups in total. The highest BCUT2D eigenvalue weighted by molar-refractivity contribution is 4.50. The molecule has 0 rings (SSSR count). The summed E-state index contributed by atoms with van der Waals surface area (Å²) in [4.78, 5) is 0. The van der Waals surface area contributed by atoms with Crippen molar-refractivity contribution in [1.29, 1.82) is 0 Å². The second-order valence-electron chi connectivity index (χ2n) is 5.22. The maximum Gasteiger partial charge on any atom is 0.0701 e. The van der Waals surface area contributed by atoms with Crippen molar-refractivity contribution < 1.29 is 9.47 Å². The summed E-state index contributed by atoms with van der Waals surface area (Å²) in [5, 5.41) is 3.31. The molecule has 0 aliphatic carbocycles. The van der Waals surface area contributed by atoms with Gasteiger partial charge in [-0.1, -0.05) is 40.5 Å². The Hall–Kier alpha value is -0.120. The molecule has 0 aliphatic heterocycles. The van der Waals surface area contributed by atoms with E-state index in [4.69, 9.17) is 9.47 Å². The van der Waals surface area contributed by atoms with Crippen LogP contribution >= 0.6 is 0 Å². The Balaban J connectivity index is 2.94. The van der Waals surface area contributed by atoms with Crippen LogP contribution in [0.3, 0.4) is 0 Å². The van der Waals surface area contributed by atoms with E-state index in [1.54, 1.807) is 0 Å². The van der Waals surface area contributed by atoms with Crippen LogP contribution in [0.25, 0.3) is 0 Å². The van der Waals surface area contributed by atoms with E-state index in [1.165, 1.54) is 19.3 Å². The molecule has 0 amide bonds. The van der Waals surface area contributed by atoms with Crippen molar-refractivity contribution in [2.45, 2.75) is 53.0 Å². The molecule has 17 heavy (non-hydrogen) atoms. The van der Waals surface area contributed by atoms with Gasteiger partial charge in [-0.05, 0) is 12.3 Å². The average molecular weight is 245 g/mol. The summed E-state index contributed by atoms with van der Waals surface area (Å²) >= 11 is 0. The van der Waals surface area contributed by atoms with Crippen molar-refractivity contribution in [3.05, 3.63) is 0 Å². The number of rotatable bonds is 12. The molecule has 0 bridgehead atoms. The second-order valence-corrected chi connectivity index (χ2v) is 5.22. The summed E-state index contributed by atoms with van der Waals surface area (Å²) in [6, 6.07) is 0.538. The zero-order valence-electron chi connectivity index (χ0n) is 12.1. The predicted molar refractivity (Wildman–Crippen MR) is 73.5 cm³/mol. The Bertz CT molecular complexity index is 133. The monoisotopic (exact) mass is 245 g/mol. The van der Waals surface area contributed by atoms with Crippen LogP contribution in [0.1, 0.15) is 47.0 Å². The highest BCUT2D eigenvalue weighted by Crippen LogP contribution is 2.05. The van der Waals surface area contributed by atoms with E-state index in [2.05, 4.69) is 33.0 Å². The Labute approximate surface area is 107 Å². The van der Waals surface area contributed by atoms with Crippen molar-refractivity contribution in [3.63, 3.8) is 0 Å². The molecular weight excluding hydrogens is 214 g/mol. The van der Waals surface area contributed by atoms with E-state index >= 15 is 0 Å². The minimum atomic E-state index is 0.538. The first kappa shape index (κ1) is 16.9. The lowest BCUT2D eigenvalue weighted by molar-refractivity contribution is 0.0468. The number of hydrogen-bond acceptors (Lipinski definition) is 3. The third-order valence-electron chi connectivity index (χ3n) is 2.49. The molecule has 0 aromatic rings. The van der Waals surface area contributed by atoms with Crippen LogP contribution in [0.4, 0.5) is 0 Å². The Morgan fingerprint density at radius 1 is 0.824 bits per heavy atom. The normalized spacial score (nSPS) is 11.6. The van der Waals surface area contributed by atoms with E-state index < -0.39 is 0 Å². The van der Waals surface area contributed by atoms with Gasteiger partial charge in [-0.2, -0.15) is 0 Å². The van der Waals surface area contributed by atoms with Gasteiger partial charge >= 0.3 is 0 Å². The fourth-order valence-electron chi connectivity index (χ4n) is 1.50. The SMILES string of the molecule is CC(C)CCCCOCCOCCNC(C)C. The predicted octanol–water partition coefficient (Wildman–Crippen LogP) is 2.84. The molecule has 3 nitrogen and oxygen atoms in total. The highest BCUT2D eigenvalue weighted by Gasteiger charge is 1.95. The second kappa shape index (κ2) is 12.3. The molecule has 0 aromatic heterocycles. The zero-order chi connectivity index (χ0) is 12.9. The van der Waals surface area contributed by atoms with Crippen molar-refractivity contribution >= 4 is 0 Å². The first-order valence-electron chi connectivity index (χ1n) is 7.01. The average Bonchev–Trinajstić information content (AvgIpc) is 2.25. The van der Waals surface area contributed by atoms with Crippen LogP contribution in [-0.4, -0.2) is 39.0 Å². The molecule has 0 saturated carbocycles. The summed E-state index contributed by atoms with van der Waals surface area (Å²) in [6.07, 6.45) is 3.75. The van der Waals surface area contributed by atoms with Crippen LogP contribution in [0, 0.1) is 5.92 Å². The molecule has 0 aliphatic rings. The quantitative estimate of drug-likeness (QED) is 0.536. The largest absolute Gasteiger partial charge is 0.379 e. The molecular formula is C14H31NO2. The summed E-state index contributed by atoms with van der Waals surface area (Å²) in [7, 11) is 0. The van der Waals surface area contributed by atoms with Gasteiger partial charge in [-0.3, -0.25) is 0 Å². The highest BCUT2D eigenvalue weighted by atomic mass is 16.5. The molecule has 3 heteroatoms. The van der Waals surface area contributed by atoms with Crippen molar-refractivity contribution in [2.75, 3.05) is 33.0 Å². The van der Waals surface area contributed by atoms with E-state index in [1.807, 2.05) is 0 Å². The minimum absolute atomic E-state index is 0.538. The van der Waals surface area contributed by atoms with Gasteiger partial charge in [0.15, 0.2) is 0 Å². The van der Waals surface area contributed by atoms with Crippen molar-refractivity contribution in [1.82, 2.24) is 5.32 Å². The van der Waals surface area contributed by atoms with Crippen molar-refractivity contribution in [3.8, 4) is 0 Å². The van der Waals surface area contributed by atoms with Crippen LogP contribution in [-0.2, 0) is 9.47 Å². The summed E-state index contributed by atoms with van der Waals surface area (Å²) in [5.41, 5.74) is 0. The Morgan fingerprint density at radius 2 is 1.47 bits per heavy atom. The molecule has 104 valence electrons.